The van der Waals surface area contributed by atoms with Crippen molar-refractivity contribution in [2.45, 2.75) is 38.4 Å². The Hall–Kier alpha value is -0.750. The summed E-state index contributed by atoms with van der Waals surface area (Å²) in [5.41, 5.74) is 4.91. The average molecular weight is 340 g/mol. The van der Waals surface area contributed by atoms with E-state index in [1.54, 1.807) is 0 Å². The highest BCUT2D eigenvalue weighted by Gasteiger charge is 2.31. The summed E-state index contributed by atoms with van der Waals surface area (Å²) in [6.45, 7) is 4.17. The van der Waals surface area contributed by atoms with Gasteiger partial charge >= 0.3 is 6.18 Å². The molecule has 1 aromatic rings. The molecular formula is C13H17BrF3NO. The van der Waals surface area contributed by atoms with Crippen molar-refractivity contribution >= 4 is 15.9 Å². The van der Waals surface area contributed by atoms with E-state index in [-0.39, 0.29) is 11.1 Å². The Kier molecular flexibility index (Phi) is 5.26. The summed E-state index contributed by atoms with van der Waals surface area (Å²) in [6.07, 6.45) is -2.88. The predicted octanol–water partition coefficient (Wildman–Crippen LogP) is 4.36. The maximum Gasteiger partial charge on any atom is 0.416 e. The zero-order valence-corrected chi connectivity index (χ0v) is 12.4. The number of halogens is 4. The van der Waals surface area contributed by atoms with Gasteiger partial charge in [0.1, 0.15) is 12.4 Å². The van der Waals surface area contributed by atoms with Gasteiger partial charge in [0.25, 0.3) is 0 Å². The minimum atomic E-state index is -4.36. The molecule has 2 nitrogen and oxygen atoms in total. The number of alkyl halides is 3. The molecule has 19 heavy (non-hydrogen) atoms. The zero-order chi connectivity index (χ0) is 14.7. The van der Waals surface area contributed by atoms with Crippen LogP contribution < -0.4 is 10.5 Å². The standard InChI is InChI=1S/C13H17BrF3NO/c1-3-12(18,4-2)8-19-11-6-5-9(7-10(11)14)13(15,16)17/h5-7H,3-4,8,18H2,1-2H3. The fraction of sp³-hybridized carbons (Fsp3) is 0.538. The van der Waals surface area contributed by atoms with E-state index in [4.69, 9.17) is 10.5 Å². The Morgan fingerprint density at radius 2 is 1.79 bits per heavy atom. The summed E-state index contributed by atoms with van der Waals surface area (Å²) < 4.78 is 43.3. The van der Waals surface area contributed by atoms with Gasteiger partial charge in [-0.05, 0) is 47.0 Å². The average Bonchev–Trinajstić information content (AvgIpc) is 2.35. The van der Waals surface area contributed by atoms with Crippen molar-refractivity contribution in [3.8, 4) is 5.75 Å². The number of hydrogen-bond donors (Lipinski definition) is 1. The molecule has 0 fully saturated rings. The molecule has 0 spiro atoms. The Bertz CT molecular complexity index is 430. The van der Waals surface area contributed by atoms with Gasteiger partial charge in [-0.25, -0.2) is 0 Å². The third-order valence-electron chi connectivity index (χ3n) is 3.18. The first-order valence-corrected chi connectivity index (χ1v) is 6.79. The Labute approximate surface area is 119 Å². The van der Waals surface area contributed by atoms with E-state index in [2.05, 4.69) is 15.9 Å². The third-order valence-corrected chi connectivity index (χ3v) is 3.80. The molecule has 0 unspecified atom stereocenters. The van der Waals surface area contributed by atoms with Gasteiger partial charge in [-0.15, -0.1) is 0 Å². The first-order chi connectivity index (χ1) is 8.72. The van der Waals surface area contributed by atoms with Crippen LogP contribution in [0.1, 0.15) is 32.3 Å². The smallest absolute Gasteiger partial charge is 0.416 e. The number of hydrogen-bond acceptors (Lipinski definition) is 2. The second kappa shape index (κ2) is 6.13. The second-order valence-corrected chi connectivity index (χ2v) is 5.36. The van der Waals surface area contributed by atoms with E-state index in [0.717, 1.165) is 25.0 Å². The molecule has 2 N–H and O–H groups in total. The van der Waals surface area contributed by atoms with E-state index >= 15 is 0 Å². The summed E-state index contributed by atoms with van der Waals surface area (Å²) in [5.74, 6) is 0.365. The lowest BCUT2D eigenvalue weighted by Gasteiger charge is -2.26. The van der Waals surface area contributed by atoms with E-state index in [1.165, 1.54) is 6.07 Å². The molecule has 0 aliphatic rings. The van der Waals surface area contributed by atoms with Gasteiger partial charge in [-0.2, -0.15) is 13.2 Å². The van der Waals surface area contributed by atoms with Gasteiger partial charge in [-0.3, -0.25) is 0 Å². The first-order valence-electron chi connectivity index (χ1n) is 6.00. The molecule has 0 atom stereocenters. The third kappa shape index (κ3) is 4.38. The number of benzene rings is 1. The number of rotatable bonds is 5. The lowest BCUT2D eigenvalue weighted by molar-refractivity contribution is -0.137. The molecule has 0 bridgehead atoms. The van der Waals surface area contributed by atoms with Crippen molar-refractivity contribution in [3.05, 3.63) is 28.2 Å². The van der Waals surface area contributed by atoms with Crippen LogP contribution in [0, 0.1) is 0 Å². The lowest BCUT2D eigenvalue weighted by atomic mass is 9.96. The van der Waals surface area contributed by atoms with Crippen molar-refractivity contribution in [1.29, 1.82) is 0 Å². The van der Waals surface area contributed by atoms with Crippen LogP contribution in [0.4, 0.5) is 13.2 Å². The van der Waals surface area contributed by atoms with Crippen LogP contribution >= 0.6 is 15.9 Å². The maximum absolute atomic E-state index is 12.5. The van der Waals surface area contributed by atoms with E-state index in [0.29, 0.717) is 5.75 Å². The van der Waals surface area contributed by atoms with Gasteiger partial charge in [0, 0.05) is 5.54 Å². The highest BCUT2D eigenvalue weighted by atomic mass is 79.9. The second-order valence-electron chi connectivity index (χ2n) is 4.50. The van der Waals surface area contributed by atoms with Crippen LogP contribution in [-0.4, -0.2) is 12.1 Å². The van der Waals surface area contributed by atoms with Gasteiger partial charge in [0.15, 0.2) is 0 Å². The summed E-state index contributed by atoms with van der Waals surface area (Å²) in [4.78, 5) is 0. The Balaban J connectivity index is 2.82. The largest absolute Gasteiger partial charge is 0.490 e. The highest BCUT2D eigenvalue weighted by Crippen LogP contribution is 2.35. The van der Waals surface area contributed by atoms with Crippen molar-refractivity contribution < 1.29 is 17.9 Å². The molecule has 0 aliphatic heterocycles. The molecule has 0 aliphatic carbocycles. The highest BCUT2D eigenvalue weighted by molar-refractivity contribution is 9.10. The van der Waals surface area contributed by atoms with Gasteiger partial charge in [0.2, 0.25) is 0 Å². The molecule has 0 amide bonds. The SMILES string of the molecule is CCC(N)(CC)COc1ccc(C(F)(F)F)cc1Br. The topological polar surface area (TPSA) is 35.2 Å². The molecule has 108 valence electrons. The number of ether oxygens (including phenoxy) is 1. The van der Waals surface area contributed by atoms with Crippen LogP contribution in [0.3, 0.4) is 0 Å². The van der Waals surface area contributed by atoms with Crippen LogP contribution in [0.15, 0.2) is 22.7 Å². The first kappa shape index (κ1) is 16.3. The van der Waals surface area contributed by atoms with Crippen molar-refractivity contribution in [2.75, 3.05) is 6.61 Å². The summed E-state index contributed by atoms with van der Waals surface area (Å²) in [7, 11) is 0. The summed E-state index contributed by atoms with van der Waals surface area (Å²) in [5, 5.41) is 0. The molecule has 0 aromatic heterocycles. The molecule has 1 rings (SSSR count). The molecular weight excluding hydrogens is 323 g/mol. The molecule has 0 saturated heterocycles. The Morgan fingerprint density at radius 1 is 1.21 bits per heavy atom. The van der Waals surface area contributed by atoms with Gasteiger partial charge in [0.05, 0.1) is 10.0 Å². The lowest BCUT2D eigenvalue weighted by Crippen LogP contribution is -2.44. The Morgan fingerprint density at radius 3 is 2.21 bits per heavy atom. The van der Waals surface area contributed by atoms with Gasteiger partial charge < -0.3 is 10.5 Å². The molecule has 0 radical (unpaired) electrons. The molecule has 0 heterocycles. The normalized spacial score (nSPS) is 12.6. The summed E-state index contributed by atoms with van der Waals surface area (Å²) in [6, 6.07) is 3.31. The molecule has 1 aromatic carbocycles. The quantitative estimate of drug-likeness (QED) is 0.864. The van der Waals surface area contributed by atoms with E-state index in [9.17, 15) is 13.2 Å². The monoisotopic (exact) mass is 339 g/mol. The fourth-order valence-electron chi connectivity index (χ4n) is 1.47. The van der Waals surface area contributed by atoms with E-state index in [1.807, 2.05) is 13.8 Å². The predicted molar refractivity (Wildman–Crippen MR) is 72.1 cm³/mol. The molecule has 6 heteroatoms. The fourth-order valence-corrected chi connectivity index (χ4v) is 1.96. The van der Waals surface area contributed by atoms with E-state index < -0.39 is 17.3 Å². The van der Waals surface area contributed by atoms with Crippen molar-refractivity contribution in [3.63, 3.8) is 0 Å². The van der Waals surface area contributed by atoms with Crippen LogP contribution in [0.5, 0.6) is 5.75 Å². The van der Waals surface area contributed by atoms with Crippen LogP contribution in [0.25, 0.3) is 0 Å². The van der Waals surface area contributed by atoms with Crippen molar-refractivity contribution in [2.24, 2.45) is 5.73 Å². The van der Waals surface area contributed by atoms with Gasteiger partial charge in [-0.1, -0.05) is 13.8 Å². The zero-order valence-electron chi connectivity index (χ0n) is 10.9. The number of nitrogens with two attached hydrogens (primary N) is 1. The van der Waals surface area contributed by atoms with Crippen LogP contribution in [0.2, 0.25) is 0 Å². The minimum Gasteiger partial charge on any atom is -0.490 e. The minimum absolute atomic E-state index is 0.268. The van der Waals surface area contributed by atoms with Crippen LogP contribution in [-0.2, 0) is 6.18 Å². The summed E-state index contributed by atoms with van der Waals surface area (Å²) >= 11 is 3.09. The maximum atomic E-state index is 12.5. The van der Waals surface area contributed by atoms with Crippen molar-refractivity contribution in [1.82, 2.24) is 0 Å². The molecule has 0 saturated carbocycles.